The number of hydrogen-bond acceptors (Lipinski definition) is 6. The van der Waals surface area contributed by atoms with Crippen LogP contribution in [0.2, 0.25) is 0 Å². The van der Waals surface area contributed by atoms with Gasteiger partial charge in [-0.25, -0.2) is 0 Å². The van der Waals surface area contributed by atoms with Gasteiger partial charge in [-0.3, -0.25) is 14.4 Å². The third-order valence-electron chi connectivity index (χ3n) is 14.4. The van der Waals surface area contributed by atoms with Gasteiger partial charge in [0.2, 0.25) is 0 Å². The van der Waals surface area contributed by atoms with Crippen LogP contribution in [0.25, 0.3) is 0 Å². The molecular weight excluding hydrogens is 817 g/mol. The molecule has 6 heteroatoms. The van der Waals surface area contributed by atoms with E-state index in [1.165, 1.54) is 212 Å². The van der Waals surface area contributed by atoms with Crippen LogP contribution in [0.4, 0.5) is 0 Å². The molecule has 0 saturated carbocycles. The fraction of sp³-hybridized carbons (Fsp3) is 0.950. The second kappa shape index (κ2) is 51.3. The fourth-order valence-electron chi connectivity index (χ4n) is 9.11. The molecule has 0 amide bonds. The van der Waals surface area contributed by atoms with Crippen molar-refractivity contribution < 1.29 is 28.6 Å². The second-order valence-corrected chi connectivity index (χ2v) is 21.6. The summed E-state index contributed by atoms with van der Waals surface area (Å²) in [5.41, 5.74) is 0. The molecule has 0 aromatic carbocycles. The third kappa shape index (κ3) is 50.3. The van der Waals surface area contributed by atoms with E-state index < -0.39 is 6.10 Å². The van der Waals surface area contributed by atoms with E-state index in [2.05, 4.69) is 41.5 Å². The highest BCUT2D eigenvalue weighted by molar-refractivity contribution is 5.71. The minimum atomic E-state index is -0.764. The summed E-state index contributed by atoms with van der Waals surface area (Å²) in [6.45, 7) is 13.8. The molecule has 392 valence electrons. The Kier molecular flexibility index (Phi) is 50.0. The van der Waals surface area contributed by atoms with E-state index in [0.29, 0.717) is 19.3 Å². The minimum absolute atomic E-state index is 0.0639. The molecule has 0 aliphatic carbocycles. The van der Waals surface area contributed by atoms with E-state index >= 15 is 0 Å². The fourth-order valence-corrected chi connectivity index (χ4v) is 9.11. The lowest BCUT2D eigenvalue weighted by Gasteiger charge is -2.18. The molecule has 0 N–H and O–H groups in total. The molecule has 0 aliphatic heterocycles. The summed E-state index contributed by atoms with van der Waals surface area (Å²) in [5, 5.41) is 0. The molecule has 0 aliphatic rings. The lowest BCUT2D eigenvalue weighted by Crippen LogP contribution is -2.30. The van der Waals surface area contributed by atoms with Gasteiger partial charge in [-0.15, -0.1) is 0 Å². The van der Waals surface area contributed by atoms with Gasteiger partial charge >= 0.3 is 17.9 Å². The number of ether oxygens (including phenoxy) is 3. The molecule has 0 radical (unpaired) electrons. The standard InChI is InChI=1S/C60H116O6/c1-7-55(5)47-41-35-29-23-17-15-13-11-9-10-12-14-16-18-25-31-37-43-49-58(61)64-52-57(66-60(63)51-45-39-33-27-21-22-28-34-40-46-54(3)4)53-65-59(62)50-44-38-32-26-20-19-24-30-36-42-48-56(6)8-2/h54-57H,7-53H2,1-6H3/t55?,56?,57-/m0/s1. The Morgan fingerprint density at radius 1 is 0.303 bits per heavy atom. The molecule has 0 aromatic rings. The zero-order chi connectivity index (χ0) is 48.4. The summed E-state index contributed by atoms with van der Waals surface area (Å²) in [5.74, 6) is 1.74. The molecule has 6 nitrogen and oxygen atoms in total. The maximum atomic E-state index is 12.8. The van der Waals surface area contributed by atoms with Crippen molar-refractivity contribution >= 4 is 17.9 Å². The molecule has 66 heavy (non-hydrogen) atoms. The van der Waals surface area contributed by atoms with Crippen LogP contribution in [0.15, 0.2) is 0 Å². The normalized spacial score (nSPS) is 13.0. The van der Waals surface area contributed by atoms with E-state index in [9.17, 15) is 14.4 Å². The molecular formula is C60H116O6. The van der Waals surface area contributed by atoms with Crippen LogP contribution in [0.3, 0.4) is 0 Å². The smallest absolute Gasteiger partial charge is 0.306 e. The average Bonchev–Trinajstić information content (AvgIpc) is 3.30. The van der Waals surface area contributed by atoms with Gasteiger partial charge < -0.3 is 14.2 Å². The van der Waals surface area contributed by atoms with Gasteiger partial charge in [0.25, 0.3) is 0 Å². The SMILES string of the molecule is CCC(C)CCCCCCCCCCCCCCCCCCCCC(=O)OC[C@@H](COC(=O)CCCCCCCCCCCCC(C)CC)OC(=O)CCCCCCCCCCCC(C)C. The topological polar surface area (TPSA) is 78.9 Å². The Morgan fingerprint density at radius 3 is 0.788 bits per heavy atom. The van der Waals surface area contributed by atoms with Crippen molar-refractivity contribution in [1.82, 2.24) is 0 Å². The monoisotopic (exact) mass is 933 g/mol. The van der Waals surface area contributed by atoms with E-state index in [1.54, 1.807) is 0 Å². The molecule has 0 heterocycles. The molecule has 0 bridgehead atoms. The summed E-state index contributed by atoms with van der Waals surface area (Å²) < 4.78 is 16.9. The van der Waals surface area contributed by atoms with Gasteiger partial charge in [-0.05, 0) is 37.0 Å². The highest BCUT2D eigenvalue weighted by atomic mass is 16.6. The minimum Gasteiger partial charge on any atom is -0.462 e. The summed E-state index contributed by atoms with van der Waals surface area (Å²) in [4.78, 5) is 38.1. The first-order chi connectivity index (χ1) is 32.2. The van der Waals surface area contributed by atoms with Crippen molar-refractivity contribution in [3.8, 4) is 0 Å². The summed E-state index contributed by atoms with van der Waals surface area (Å²) >= 11 is 0. The maximum Gasteiger partial charge on any atom is 0.306 e. The van der Waals surface area contributed by atoms with Crippen molar-refractivity contribution in [3.63, 3.8) is 0 Å². The lowest BCUT2D eigenvalue weighted by molar-refractivity contribution is -0.167. The van der Waals surface area contributed by atoms with Gasteiger partial charge in [0.1, 0.15) is 13.2 Å². The molecule has 0 rings (SSSR count). The number of rotatable bonds is 53. The van der Waals surface area contributed by atoms with Crippen LogP contribution in [0.5, 0.6) is 0 Å². The quantitative estimate of drug-likeness (QED) is 0.0343. The van der Waals surface area contributed by atoms with Crippen LogP contribution >= 0.6 is 0 Å². The van der Waals surface area contributed by atoms with Crippen LogP contribution in [0, 0.1) is 17.8 Å². The highest BCUT2D eigenvalue weighted by Crippen LogP contribution is 2.19. The van der Waals surface area contributed by atoms with Gasteiger partial charge in [0, 0.05) is 19.3 Å². The van der Waals surface area contributed by atoms with E-state index in [1.807, 2.05) is 0 Å². The predicted octanol–water partition coefficient (Wildman–Crippen LogP) is 19.5. The van der Waals surface area contributed by atoms with Gasteiger partial charge in [0.05, 0.1) is 0 Å². The second-order valence-electron chi connectivity index (χ2n) is 21.6. The first kappa shape index (κ1) is 64.4. The number of esters is 3. The highest BCUT2D eigenvalue weighted by Gasteiger charge is 2.19. The summed E-state index contributed by atoms with van der Waals surface area (Å²) in [7, 11) is 0. The van der Waals surface area contributed by atoms with Crippen molar-refractivity contribution in [2.75, 3.05) is 13.2 Å². The van der Waals surface area contributed by atoms with Crippen molar-refractivity contribution in [2.45, 2.75) is 337 Å². The number of carbonyl (C=O) groups is 3. The van der Waals surface area contributed by atoms with Gasteiger partial charge in [-0.2, -0.15) is 0 Å². The van der Waals surface area contributed by atoms with Crippen LogP contribution < -0.4 is 0 Å². The molecule has 0 spiro atoms. The molecule has 0 aromatic heterocycles. The van der Waals surface area contributed by atoms with Gasteiger partial charge in [0.15, 0.2) is 6.10 Å². The molecule has 3 atom stereocenters. The number of hydrogen-bond donors (Lipinski definition) is 0. The third-order valence-corrected chi connectivity index (χ3v) is 14.4. The lowest BCUT2D eigenvalue weighted by atomic mass is 9.99. The predicted molar refractivity (Wildman–Crippen MR) is 284 cm³/mol. The van der Waals surface area contributed by atoms with Crippen LogP contribution in [-0.4, -0.2) is 37.2 Å². The van der Waals surface area contributed by atoms with Crippen LogP contribution in [-0.2, 0) is 28.6 Å². The van der Waals surface area contributed by atoms with Crippen molar-refractivity contribution in [3.05, 3.63) is 0 Å². The van der Waals surface area contributed by atoms with E-state index in [4.69, 9.17) is 14.2 Å². The summed E-state index contributed by atoms with van der Waals surface area (Å²) in [6, 6.07) is 0. The number of carbonyl (C=O) groups excluding carboxylic acids is 3. The Bertz CT molecular complexity index is 1030. The van der Waals surface area contributed by atoms with Gasteiger partial charge in [-0.1, -0.05) is 292 Å². The maximum absolute atomic E-state index is 12.8. The Labute approximate surface area is 412 Å². The number of unbranched alkanes of at least 4 members (excludes halogenated alkanes) is 34. The Hall–Kier alpha value is -1.59. The Balaban J connectivity index is 4.22. The van der Waals surface area contributed by atoms with E-state index in [0.717, 1.165) is 75.5 Å². The average molecular weight is 934 g/mol. The molecule has 0 fully saturated rings. The molecule has 2 unspecified atom stereocenters. The Morgan fingerprint density at radius 2 is 0.530 bits per heavy atom. The first-order valence-corrected chi connectivity index (χ1v) is 29.7. The van der Waals surface area contributed by atoms with E-state index in [-0.39, 0.29) is 31.1 Å². The summed E-state index contributed by atoms with van der Waals surface area (Å²) in [6.07, 6.45) is 53.8. The zero-order valence-corrected chi connectivity index (χ0v) is 45.5. The zero-order valence-electron chi connectivity index (χ0n) is 45.5. The largest absolute Gasteiger partial charge is 0.462 e. The van der Waals surface area contributed by atoms with Crippen molar-refractivity contribution in [1.29, 1.82) is 0 Å². The first-order valence-electron chi connectivity index (χ1n) is 29.7. The molecule has 0 saturated heterocycles. The van der Waals surface area contributed by atoms with Crippen molar-refractivity contribution in [2.24, 2.45) is 17.8 Å². The van der Waals surface area contributed by atoms with Crippen LogP contribution in [0.1, 0.15) is 330 Å².